The third-order valence-electron chi connectivity index (χ3n) is 1.79. The van der Waals surface area contributed by atoms with Gasteiger partial charge in [-0.15, -0.1) is 6.58 Å². The zero-order valence-corrected chi connectivity index (χ0v) is 9.54. The molecule has 0 heterocycles. The summed E-state index contributed by atoms with van der Waals surface area (Å²) in [6, 6.07) is 0. The summed E-state index contributed by atoms with van der Waals surface area (Å²) in [5, 5.41) is 0. The van der Waals surface area contributed by atoms with Crippen LogP contribution in [0.5, 0.6) is 0 Å². The summed E-state index contributed by atoms with van der Waals surface area (Å²) in [6.45, 7) is 11.2. The van der Waals surface area contributed by atoms with Crippen LogP contribution in [0.2, 0.25) is 0 Å². The fraction of sp³-hybridized carbons (Fsp3) is 0.583. The fourth-order valence-corrected chi connectivity index (χ4v) is 0.653. The van der Waals surface area contributed by atoms with Gasteiger partial charge in [0.15, 0.2) is 0 Å². The minimum atomic E-state index is -0.436. The Morgan fingerprint density at radius 1 is 1.50 bits per heavy atom. The Kier molecular flexibility index (Phi) is 5.21. The van der Waals surface area contributed by atoms with Crippen molar-refractivity contribution >= 4 is 5.97 Å². The first-order valence-electron chi connectivity index (χ1n) is 4.86. The smallest absolute Gasteiger partial charge is 0.316 e. The van der Waals surface area contributed by atoms with E-state index in [1.807, 2.05) is 32.9 Å². The molecule has 0 aliphatic heterocycles. The first kappa shape index (κ1) is 12.9. The summed E-state index contributed by atoms with van der Waals surface area (Å²) in [7, 11) is 0. The second kappa shape index (κ2) is 5.63. The number of hydrogen-bond acceptors (Lipinski definition) is 2. The van der Waals surface area contributed by atoms with E-state index in [1.54, 1.807) is 0 Å². The van der Waals surface area contributed by atoms with E-state index in [0.29, 0.717) is 5.92 Å². The maximum atomic E-state index is 11.3. The van der Waals surface area contributed by atoms with Gasteiger partial charge in [0.2, 0.25) is 0 Å². The van der Waals surface area contributed by atoms with Crippen molar-refractivity contribution in [1.29, 1.82) is 0 Å². The van der Waals surface area contributed by atoms with Gasteiger partial charge < -0.3 is 4.74 Å². The molecule has 2 nitrogen and oxygen atoms in total. The molecular formula is C12H20O2. The highest BCUT2D eigenvalue weighted by molar-refractivity contribution is 5.75. The molecule has 0 amide bonds. The van der Waals surface area contributed by atoms with Crippen LogP contribution in [0.15, 0.2) is 25.0 Å². The molecule has 0 saturated heterocycles. The fourth-order valence-electron chi connectivity index (χ4n) is 0.653. The van der Waals surface area contributed by atoms with Crippen LogP contribution in [0, 0.1) is 11.3 Å². The monoisotopic (exact) mass is 196 g/mol. The zero-order valence-electron chi connectivity index (χ0n) is 9.54. The van der Waals surface area contributed by atoms with Gasteiger partial charge in [0, 0.05) is 0 Å². The standard InChI is InChI=1S/C12H20O2/c1-6-10(2)8-7-9-14-11(13)12(3,4)5/h6-7,9-10H,1,8H2,2-5H3. The molecule has 2 heteroatoms. The topological polar surface area (TPSA) is 26.3 Å². The highest BCUT2D eigenvalue weighted by Gasteiger charge is 2.21. The van der Waals surface area contributed by atoms with E-state index in [2.05, 4.69) is 13.5 Å². The lowest BCUT2D eigenvalue weighted by Gasteiger charge is -2.13. The first-order valence-corrected chi connectivity index (χ1v) is 4.86. The molecule has 0 aliphatic rings. The lowest BCUT2D eigenvalue weighted by atomic mass is 9.97. The van der Waals surface area contributed by atoms with E-state index < -0.39 is 5.41 Å². The van der Waals surface area contributed by atoms with E-state index in [0.717, 1.165) is 6.42 Å². The largest absolute Gasteiger partial charge is 0.434 e. The van der Waals surface area contributed by atoms with E-state index >= 15 is 0 Å². The number of hydrogen-bond donors (Lipinski definition) is 0. The lowest BCUT2D eigenvalue weighted by molar-refractivity contribution is -0.146. The van der Waals surface area contributed by atoms with Gasteiger partial charge in [0.1, 0.15) is 0 Å². The molecule has 80 valence electrons. The average Bonchev–Trinajstić information content (AvgIpc) is 2.09. The molecule has 0 fully saturated rings. The van der Waals surface area contributed by atoms with Gasteiger partial charge in [-0.25, -0.2) is 0 Å². The van der Waals surface area contributed by atoms with Crippen LogP contribution >= 0.6 is 0 Å². The summed E-state index contributed by atoms with van der Waals surface area (Å²) < 4.78 is 4.95. The summed E-state index contributed by atoms with van der Waals surface area (Å²) >= 11 is 0. The lowest BCUT2D eigenvalue weighted by Crippen LogP contribution is -2.20. The molecule has 0 radical (unpaired) electrons. The molecule has 0 aromatic heterocycles. The Balaban J connectivity index is 3.84. The highest BCUT2D eigenvalue weighted by Crippen LogP contribution is 2.15. The summed E-state index contributed by atoms with van der Waals surface area (Å²) in [5.74, 6) is 0.208. The third-order valence-corrected chi connectivity index (χ3v) is 1.79. The Hall–Kier alpha value is -1.05. The SMILES string of the molecule is C=CC(C)CC=COC(=O)C(C)(C)C. The van der Waals surface area contributed by atoms with Crippen LogP contribution in [0.4, 0.5) is 0 Å². The van der Waals surface area contributed by atoms with E-state index in [9.17, 15) is 4.79 Å². The second-order valence-corrected chi connectivity index (χ2v) is 4.48. The summed E-state index contributed by atoms with van der Waals surface area (Å²) in [5.41, 5.74) is -0.436. The average molecular weight is 196 g/mol. The predicted octanol–water partition coefficient (Wildman–Crippen LogP) is 3.30. The van der Waals surface area contributed by atoms with Crippen molar-refractivity contribution in [1.82, 2.24) is 0 Å². The molecule has 0 rings (SSSR count). The van der Waals surface area contributed by atoms with Crippen molar-refractivity contribution in [2.75, 3.05) is 0 Å². The quantitative estimate of drug-likeness (QED) is 0.392. The zero-order chi connectivity index (χ0) is 11.2. The minimum absolute atomic E-state index is 0.208. The number of ether oxygens (including phenoxy) is 1. The molecule has 0 bridgehead atoms. The van der Waals surface area contributed by atoms with Crippen LogP contribution in [0.3, 0.4) is 0 Å². The Bertz CT molecular complexity index is 221. The molecule has 14 heavy (non-hydrogen) atoms. The van der Waals surface area contributed by atoms with Gasteiger partial charge >= 0.3 is 5.97 Å². The first-order chi connectivity index (χ1) is 6.38. The van der Waals surface area contributed by atoms with Crippen molar-refractivity contribution in [2.24, 2.45) is 11.3 Å². The van der Waals surface area contributed by atoms with Gasteiger partial charge in [0.05, 0.1) is 11.7 Å². The van der Waals surface area contributed by atoms with Crippen LogP contribution in [0.1, 0.15) is 34.1 Å². The van der Waals surface area contributed by atoms with Gasteiger partial charge in [-0.2, -0.15) is 0 Å². The van der Waals surface area contributed by atoms with Crippen LogP contribution in [-0.2, 0) is 9.53 Å². The Labute approximate surface area is 86.6 Å². The molecule has 0 aromatic rings. The number of carbonyl (C=O) groups excluding carboxylic acids is 1. The highest BCUT2D eigenvalue weighted by atomic mass is 16.5. The van der Waals surface area contributed by atoms with E-state index in [-0.39, 0.29) is 5.97 Å². The maximum Gasteiger partial charge on any atom is 0.316 e. The third kappa shape index (κ3) is 5.57. The van der Waals surface area contributed by atoms with Crippen molar-refractivity contribution in [3.63, 3.8) is 0 Å². The summed E-state index contributed by atoms with van der Waals surface area (Å²) in [6.07, 6.45) is 6.03. The van der Waals surface area contributed by atoms with Crippen LogP contribution in [0.25, 0.3) is 0 Å². The van der Waals surface area contributed by atoms with Crippen LogP contribution < -0.4 is 0 Å². The van der Waals surface area contributed by atoms with E-state index in [4.69, 9.17) is 4.74 Å². The molecule has 0 aliphatic carbocycles. The number of allylic oxidation sites excluding steroid dienone is 2. The van der Waals surface area contributed by atoms with Crippen molar-refractivity contribution in [3.8, 4) is 0 Å². The molecule has 1 unspecified atom stereocenters. The number of esters is 1. The van der Waals surface area contributed by atoms with Crippen molar-refractivity contribution in [2.45, 2.75) is 34.1 Å². The normalized spacial score (nSPS) is 14.0. The van der Waals surface area contributed by atoms with Crippen molar-refractivity contribution in [3.05, 3.63) is 25.0 Å². The second-order valence-electron chi connectivity index (χ2n) is 4.48. The van der Waals surface area contributed by atoms with Gasteiger partial charge in [-0.1, -0.05) is 13.0 Å². The molecule has 0 saturated carbocycles. The van der Waals surface area contributed by atoms with Crippen molar-refractivity contribution < 1.29 is 9.53 Å². The number of carbonyl (C=O) groups is 1. The van der Waals surface area contributed by atoms with E-state index in [1.165, 1.54) is 6.26 Å². The Morgan fingerprint density at radius 2 is 2.07 bits per heavy atom. The predicted molar refractivity (Wildman–Crippen MR) is 58.7 cm³/mol. The van der Waals surface area contributed by atoms with Gasteiger partial charge in [-0.3, -0.25) is 4.79 Å². The summed E-state index contributed by atoms with van der Waals surface area (Å²) in [4.78, 5) is 11.3. The maximum absolute atomic E-state index is 11.3. The molecular weight excluding hydrogens is 176 g/mol. The number of rotatable bonds is 4. The van der Waals surface area contributed by atoms with Gasteiger partial charge in [-0.05, 0) is 39.2 Å². The minimum Gasteiger partial charge on any atom is -0.434 e. The Morgan fingerprint density at radius 3 is 2.50 bits per heavy atom. The molecule has 0 N–H and O–H groups in total. The molecule has 1 atom stereocenters. The van der Waals surface area contributed by atoms with Crippen LogP contribution in [-0.4, -0.2) is 5.97 Å². The molecule has 0 aromatic carbocycles. The van der Waals surface area contributed by atoms with Gasteiger partial charge in [0.25, 0.3) is 0 Å². The molecule has 0 spiro atoms.